The first-order valence-corrected chi connectivity index (χ1v) is 10.3. The van der Waals surface area contributed by atoms with Crippen LogP contribution >= 0.6 is 15.9 Å². The van der Waals surface area contributed by atoms with Gasteiger partial charge >= 0.3 is 5.97 Å². The van der Waals surface area contributed by atoms with Crippen LogP contribution < -0.4 is 14.2 Å². The summed E-state index contributed by atoms with van der Waals surface area (Å²) in [5.41, 5.74) is 5.28. The van der Waals surface area contributed by atoms with Crippen molar-refractivity contribution >= 4 is 21.9 Å². The highest BCUT2D eigenvalue weighted by atomic mass is 79.9. The standard InChI is InChI=1S/C23H23BrO5/c1-26-19-11-18(24)20(22(28-3)21(19)27-2)17-10-16-14(12-29-23(16)25)9-8-13-6-4-5-7-15(13)17/h4-7,11,17H,8-10,12H2,1-3H3. The number of hydrogen-bond donors (Lipinski definition) is 0. The van der Waals surface area contributed by atoms with E-state index in [2.05, 4.69) is 34.1 Å². The first-order chi connectivity index (χ1) is 14.1. The molecule has 0 radical (unpaired) electrons. The number of benzene rings is 2. The molecule has 1 aliphatic carbocycles. The summed E-state index contributed by atoms with van der Waals surface area (Å²) in [5.74, 6) is 1.43. The number of methoxy groups -OCH3 is 3. The maximum Gasteiger partial charge on any atom is 0.334 e. The Morgan fingerprint density at radius 1 is 1.03 bits per heavy atom. The van der Waals surface area contributed by atoms with Crippen molar-refractivity contribution in [2.75, 3.05) is 27.9 Å². The number of rotatable bonds is 4. The van der Waals surface area contributed by atoms with Gasteiger partial charge in [0.15, 0.2) is 11.5 Å². The minimum Gasteiger partial charge on any atom is -0.493 e. The van der Waals surface area contributed by atoms with Gasteiger partial charge in [-0.15, -0.1) is 0 Å². The topological polar surface area (TPSA) is 54.0 Å². The van der Waals surface area contributed by atoms with Gasteiger partial charge in [-0.05, 0) is 42.0 Å². The molecule has 6 heteroatoms. The fourth-order valence-corrected chi connectivity index (χ4v) is 5.02. The summed E-state index contributed by atoms with van der Waals surface area (Å²) in [5, 5.41) is 0. The number of carbonyl (C=O) groups is 1. The summed E-state index contributed by atoms with van der Waals surface area (Å²) in [6.07, 6.45) is 2.26. The number of cyclic esters (lactones) is 1. The number of ether oxygens (including phenoxy) is 4. The SMILES string of the molecule is COc1cc(Br)c(C2CC3=C(CCc4ccccc42)COC3=O)c(OC)c1OC. The van der Waals surface area contributed by atoms with Gasteiger partial charge in [0.1, 0.15) is 6.61 Å². The van der Waals surface area contributed by atoms with Crippen LogP contribution in [0.4, 0.5) is 0 Å². The quantitative estimate of drug-likeness (QED) is 0.616. The molecule has 5 nitrogen and oxygen atoms in total. The Hall–Kier alpha value is -2.47. The Kier molecular flexibility index (Phi) is 5.54. The van der Waals surface area contributed by atoms with Crippen molar-refractivity contribution in [1.29, 1.82) is 0 Å². The van der Waals surface area contributed by atoms with Gasteiger partial charge in [-0.3, -0.25) is 0 Å². The molecule has 0 saturated carbocycles. The lowest BCUT2D eigenvalue weighted by Gasteiger charge is -2.27. The lowest BCUT2D eigenvalue weighted by Crippen LogP contribution is -2.14. The van der Waals surface area contributed by atoms with Crippen molar-refractivity contribution in [3.63, 3.8) is 0 Å². The molecule has 152 valence electrons. The van der Waals surface area contributed by atoms with Gasteiger partial charge in [0.2, 0.25) is 5.75 Å². The van der Waals surface area contributed by atoms with Gasteiger partial charge in [0, 0.05) is 21.5 Å². The average molecular weight is 459 g/mol. The van der Waals surface area contributed by atoms with E-state index < -0.39 is 0 Å². The summed E-state index contributed by atoms with van der Waals surface area (Å²) in [6.45, 7) is 0.396. The molecule has 4 rings (SSSR count). The molecule has 0 spiro atoms. The van der Waals surface area contributed by atoms with Crippen LogP contribution in [-0.2, 0) is 16.0 Å². The fourth-order valence-electron chi connectivity index (χ4n) is 4.35. The Morgan fingerprint density at radius 3 is 2.52 bits per heavy atom. The van der Waals surface area contributed by atoms with E-state index in [1.54, 1.807) is 21.3 Å². The van der Waals surface area contributed by atoms with Gasteiger partial charge < -0.3 is 18.9 Å². The van der Waals surface area contributed by atoms with Crippen LogP contribution in [0.3, 0.4) is 0 Å². The second kappa shape index (κ2) is 8.11. The van der Waals surface area contributed by atoms with Crippen LogP contribution in [0.1, 0.15) is 35.4 Å². The lowest BCUT2D eigenvalue weighted by molar-refractivity contribution is -0.136. The molecule has 0 fully saturated rings. The van der Waals surface area contributed by atoms with Crippen molar-refractivity contribution in [1.82, 2.24) is 0 Å². The third-order valence-electron chi connectivity index (χ3n) is 5.75. The highest BCUT2D eigenvalue weighted by Crippen LogP contribution is 2.51. The van der Waals surface area contributed by atoms with Crippen molar-refractivity contribution in [2.45, 2.75) is 25.2 Å². The Balaban J connectivity index is 1.96. The van der Waals surface area contributed by atoms with Crippen LogP contribution in [0.15, 0.2) is 46.0 Å². The molecule has 29 heavy (non-hydrogen) atoms. The summed E-state index contributed by atoms with van der Waals surface area (Å²) >= 11 is 3.72. The molecule has 1 heterocycles. The van der Waals surface area contributed by atoms with E-state index in [4.69, 9.17) is 18.9 Å². The normalized spacial score (nSPS) is 18.3. The summed E-state index contributed by atoms with van der Waals surface area (Å²) in [7, 11) is 4.82. The number of esters is 1. The van der Waals surface area contributed by atoms with E-state index in [1.807, 2.05) is 12.1 Å². The molecule has 0 N–H and O–H groups in total. The third kappa shape index (κ3) is 3.39. The van der Waals surface area contributed by atoms with Gasteiger partial charge in [0.25, 0.3) is 0 Å². The maximum absolute atomic E-state index is 12.5. The molecule has 1 atom stereocenters. The molecule has 0 saturated heterocycles. The molecule has 2 aliphatic rings. The second-order valence-electron chi connectivity index (χ2n) is 7.15. The largest absolute Gasteiger partial charge is 0.493 e. The number of aryl methyl sites for hydroxylation is 1. The predicted molar refractivity (Wildman–Crippen MR) is 113 cm³/mol. The van der Waals surface area contributed by atoms with Gasteiger partial charge in [-0.2, -0.15) is 0 Å². The average Bonchev–Trinajstić information content (AvgIpc) is 3.07. The Bertz CT molecular complexity index is 995. The summed E-state index contributed by atoms with van der Waals surface area (Å²) < 4.78 is 23.1. The molecule has 2 aromatic rings. The first-order valence-electron chi connectivity index (χ1n) is 9.53. The highest BCUT2D eigenvalue weighted by Gasteiger charge is 2.34. The third-order valence-corrected chi connectivity index (χ3v) is 6.41. The molecule has 0 bridgehead atoms. The van der Waals surface area contributed by atoms with Crippen LogP contribution in [0, 0.1) is 0 Å². The smallest absolute Gasteiger partial charge is 0.334 e. The van der Waals surface area contributed by atoms with Gasteiger partial charge in [-0.25, -0.2) is 4.79 Å². The molecular formula is C23H23BrO5. The Labute approximate surface area is 178 Å². The van der Waals surface area contributed by atoms with Crippen LogP contribution in [0.25, 0.3) is 0 Å². The molecular weight excluding hydrogens is 436 g/mol. The zero-order valence-electron chi connectivity index (χ0n) is 16.7. The number of halogens is 1. The van der Waals surface area contributed by atoms with Gasteiger partial charge in [-0.1, -0.05) is 40.2 Å². The Morgan fingerprint density at radius 2 is 1.79 bits per heavy atom. The number of fused-ring (bicyclic) bond motifs is 1. The van der Waals surface area contributed by atoms with E-state index in [0.717, 1.165) is 34.0 Å². The van der Waals surface area contributed by atoms with Crippen LogP contribution in [0.2, 0.25) is 0 Å². The van der Waals surface area contributed by atoms with E-state index in [0.29, 0.717) is 30.3 Å². The molecule has 2 aromatic carbocycles. The molecule has 0 aromatic heterocycles. The van der Waals surface area contributed by atoms with Crippen molar-refractivity contribution in [3.05, 3.63) is 62.6 Å². The molecule has 1 aliphatic heterocycles. The lowest BCUT2D eigenvalue weighted by atomic mass is 9.79. The number of carbonyl (C=O) groups excluding carboxylic acids is 1. The van der Waals surface area contributed by atoms with Crippen LogP contribution in [0.5, 0.6) is 17.2 Å². The first kappa shape index (κ1) is 19.8. The zero-order chi connectivity index (χ0) is 20.5. The van der Waals surface area contributed by atoms with Gasteiger partial charge in [0.05, 0.1) is 21.3 Å². The summed E-state index contributed by atoms with van der Waals surface area (Å²) in [6, 6.07) is 10.3. The summed E-state index contributed by atoms with van der Waals surface area (Å²) in [4.78, 5) is 12.5. The zero-order valence-corrected chi connectivity index (χ0v) is 18.3. The monoisotopic (exact) mass is 458 g/mol. The van der Waals surface area contributed by atoms with Crippen LogP contribution in [-0.4, -0.2) is 33.9 Å². The second-order valence-corrected chi connectivity index (χ2v) is 8.01. The van der Waals surface area contributed by atoms with Crippen molar-refractivity contribution in [3.8, 4) is 17.2 Å². The van der Waals surface area contributed by atoms with E-state index in [1.165, 1.54) is 11.1 Å². The number of hydrogen-bond acceptors (Lipinski definition) is 5. The predicted octanol–water partition coefficient (Wildman–Crippen LogP) is 4.80. The van der Waals surface area contributed by atoms with Crippen molar-refractivity contribution < 1.29 is 23.7 Å². The van der Waals surface area contributed by atoms with E-state index in [9.17, 15) is 4.79 Å². The minimum absolute atomic E-state index is 0.0914. The molecule has 1 unspecified atom stereocenters. The minimum atomic E-state index is -0.208. The molecule has 0 amide bonds. The fraction of sp³-hybridized carbons (Fsp3) is 0.348. The highest BCUT2D eigenvalue weighted by molar-refractivity contribution is 9.10. The van der Waals surface area contributed by atoms with E-state index >= 15 is 0 Å². The van der Waals surface area contributed by atoms with Crippen molar-refractivity contribution in [2.24, 2.45) is 0 Å². The maximum atomic E-state index is 12.5. The van der Waals surface area contributed by atoms with E-state index in [-0.39, 0.29) is 11.9 Å².